The zero-order chi connectivity index (χ0) is 16.4. The summed E-state index contributed by atoms with van der Waals surface area (Å²) in [6, 6.07) is 1.83. The van der Waals surface area contributed by atoms with Gasteiger partial charge in [-0.1, -0.05) is 0 Å². The topological polar surface area (TPSA) is 91.2 Å². The van der Waals surface area contributed by atoms with Crippen LogP contribution in [0.5, 0.6) is 0 Å². The standard InChI is InChI=1S/C15H19N5O2S/c1-9-6-12(19-15-16-7-10(2)23-15)18-14(17-9)11-4-3-5-20(11)8-13(21)22/h6-7,11H,3-5,8H2,1-2H3,(H,21,22)(H,16,17,18,19). The zero-order valence-corrected chi connectivity index (χ0v) is 13.9. The molecule has 2 N–H and O–H groups in total. The molecule has 0 amide bonds. The van der Waals surface area contributed by atoms with Crippen molar-refractivity contribution in [3.05, 3.63) is 28.7 Å². The third kappa shape index (κ3) is 3.83. The van der Waals surface area contributed by atoms with E-state index in [9.17, 15) is 4.79 Å². The van der Waals surface area contributed by atoms with Crippen molar-refractivity contribution in [1.82, 2.24) is 19.9 Å². The van der Waals surface area contributed by atoms with Crippen molar-refractivity contribution in [3.63, 3.8) is 0 Å². The van der Waals surface area contributed by atoms with Crippen LogP contribution in [0.2, 0.25) is 0 Å². The van der Waals surface area contributed by atoms with Gasteiger partial charge in [0.25, 0.3) is 0 Å². The Morgan fingerprint density at radius 2 is 2.30 bits per heavy atom. The highest BCUT2D eigenvalue weighted by Crippen LogP contribution is 2.30. The molecule has 0 radical (unpaired) electrons. The molecule has 7 nitrogen and oxygen atoms in total. The van der Waals surface area contributed by atoms with Crippen LogP contribution in [-0.2, 0) is 4.79 Å². The Hall–Kier alpha value is -2.06. The minimum Gasteiger partial charge on any atom is -0.480 e. The molecule has 0 aromatic carbocycles. The Bertz CT molecular complexity index is 718. The molecular formula is C15H19N5O2S. The highest BCUT2D eigenvalue weighted by Gasteiger charge is 2.30. The van der Waals surface area contributed by atoms with Crippen LogP contribution in [-0.4, -0.2) is 44.0 Å². The number of carboxylic acids is 1. The Labute approximate surface area is 138 Å². The van der Waals surface area contributed by atoms with Crippen LogP contribution in [0.3, 0.4) is 0 Å². The van der Waals surface area contributed by atoms with Gasteiger partial charge in [-0.25, -0.2) is 15.0 Å². The van der Waals surface area contributed by atoms with Crippen molar-refractivity contribution < 1.29 is 9.90 Å². The van der Waals surface area contributed by atoms with Crippen LogP contribution in [0.25, 0.3) is 0 Å². The lowest BCUT2D eigenvalue weighted by Gasteiger charge is -2.21. The van der Waals surface area contributed by atoms with Crippen molar-refractivity contribution in [2.24, 2.45) is 0 Å². The minimum atomic E-state index is -0.818. The highest BCUT2D eigenvalue weighted by atomic mass is 32.1. The maximum atomic E-state index is 11.0. The number of aryl methyl sites for hydroxylation is 2. The summed E-state index contributed by atoms with van der Waals surface area (Å²) in [6.45, 7) is 4.71. The number of hydrogen-bond acceptors (Lipinski definition) is 7. The van der Waals surface area contributed by atoms with E-state index in [2.05, 4.69) is 20.3 Å². The molecule has 1 aliphatic heterocycles. The van der Waals surface area contributed by atoms with E-state index < -0.39 is 5.97 Å². The smallest absolute Gasteiger partial charge is 0.317 e. The van der Waals surface area contributed by atoms with E-state index in [0.29, 0.717) is 11.6 Å². The summed E-state index contributed by atoms with van der Waals surface area (Å²) in [5.74, 6) is 0.560. The minimum absolute atomic E-state index is 0.0242. The predicted octanol–water partition coefficient (Wildman–Crippen LogP) is 2.52. The number of rotatable bonds is 5. The average molecular weight is 333 g/mol. The molecule has 1 unspecified atom stereocenters. The van der Waals surface area contributed by atoms with Crippen molar-refractivity contribution in [2.45, 2.75) is 32.7 Å². The third-order valence-corrected chi connectivity index (χ3v) is 4.56. The molecule has 1 saturated heterocycles. The molecule has 0 bridgehead atoms. The number of nitrogens with zero attached hydrogens (tertiary/aromatic N) is 4. The van der Waals surface area contributed by atoms with Gasteiger partial charge in [-0.15, -0.1) is 11.3 Å². The van der Waals surface area contributed by atoms with Crippen molar-refractivity contribution >= 4 is 28.3 Å². The van der Waals surface area contributed by atoms with E-state index in [-0.39, 0.29) is 12.6 Å². The first-order valence-corrected chi connectivity index (χ1v) is 8.34. The van der Waals surface area contributed by atoms with Gasteiger partial charge in [0, 0.05) is 22.8 Å². The largest absolute Gasteiger partial charge is 0.480 e. The fourth-order valence-electron chi connectivity index (χ4n) is 2.81. The van der Waals surface area contributed by atoms with Gasteiger partial charge in [-0.3, -0.25) is 9.69 Å². The first-order chi connectivity index (χ1) is 11.0. The van der Waals surface area contributed by atoms with Gasteiger partial charge in [0.15, 0.2) is 5.13 Å². The molecule has 122 valence electrons. The van der Waals surface area contributed by atoms with E-state index >= 15 is 0 Å². The number of thiazole rings is 1. The maximum absolute atomic E-state index is 11.0. The summed E-state index contributed by atoms with van der Waals surface area (Å²) >= 11 is 1.56. The lowest BCUT2D eigenvalue weighted by atomic mass is 10.2. The van der Waals surface area contributed by atoms with E-state index in [1.165, 1.54) is 0 Å². The molecule has 0 aliphatic carbocycles. The molecule has 0 spiro atoms. The summed E-state index contributed by atoms with van der Waals surface area (Å²) in [5.41, 5.74) is 0.855. The quantitative estimate of drug-likeness (QED) is 0.868. The summed E-state index contributed by atoms with van der Waals surface area (Å²) in [7, 11) is 0. The summed E-state index contributed by atoms with van der Waals surface area (Å²) in [5, 5.41) is 13.0. The Morgan fingerprint density at radius 1 is 1.48 bits per heavy atom. The Balaban J connectivity index is 1.83. The number of likely N-dealkylation sites (tertiary alicyclic amines) is 1. The Morgan fingerprint density at radius 3 is 3.00 bits per heavy atom. The number of aromatic nitrogens is 3. The fraction of sp³-hybridized carbons (Fsp3) is 0.467. The lowest BCUT2D eigenvalue weighted by Crippen LogP contribution is -2.30. The molecule has 2 aromatic rings. The van der Waals surface area contributed by atoms with Gasteiger partial charge in [0.2, 0.25) is 0 Å². The van der Waals surface area contributed by atoms with Crippen molar-refractivity contribution in [3.8, 4) is 0 Å². The lowest BCUT2D eigenvalue weighted by molar-refractivity contribution is -0.138. The first kappa shape index (κ1) is 15.8. The van der Waals surface area contributed by atoms with Crippen LogP contribution in [0.15, 0.2) is 12.3 Å². The van der Waals surface area contributed by atoms with Crippen LogP contribution in [0, 0.1) is 13.8 Å². The second-order valence-electron chi connectivity index (χ2n) is 5.68. The number of hydrogen-bond donors (Lipinski definition) is 2. The van der Waals surface area contributed by atoms with Crippen LogP contribution < -0.4 is 5.32 Å². The molecule has 1 aliphatic rings. The second kappa shape index (κ2) is 6.59. The molecule has 1 fully saturated rings. The summed E-state index contributed by atoms with van der Waals surface area (Å²) in [4.78, 5) is 27.4. The van der Waals surface area contributed by atoms with Crippen LogP contribution in [0.4, 0.5) is 10.9 Å². The van der Waals surface area contributed by atoms with Gasteiger partial charge in [0.1, 0.15) is 11.6 Å². The second-order valence-corrected chi connectivity index (χ2v) is 6.91. The molecule has 3 rings (SSSR count). The molecule has 1 atom stereocenters. The summed E-state index contributed by atoms with van der Waals surface area (Å²) < 4.78 is 0. The molecule has 23 heavy (non-hydrogen) atoms. The third-order valence-electron chi connectivity index (χ3n) is 3.73. The monoisotopic (exact) mass is 333 g/mol. The number of carboxylic acid groups (broad SMARTS) is 1. The van der Waals surface area contributed by atoms with E-state index in [1.54, 1.807) is 11.3 Å². The Kier molecular flexibility index (Phi) is 4.53. The van der Waals surface area contributed by atoms with Gasteiger partial charge >= 0.3 is 5.97 Å². The predicted molar refractivity (Wildman–Crippen MR) is 88.1 cm³/mol. The zero-order valence-electron chi connectivity index (χ0n) is 13.1. The molecule has 8 heteroatoms. The fourth-order valence-corrected chi connectivity index (χ4v) is 3.48. The first-order valence-electron chi connectivity index (χ1n) is 7.52. The normalized spacial score (nSPS) is 18.3. The van der Waals surface area contributed by atoms with Gasteiger partial charge in [-0.2, -0.15) is 0 Å². The van der Waals surface area contributed by atoms with Gasteiger partial charge in [-0.05, 0) is 33.2 Å². The van der Waals surface area contributed by atoms with Crippen molar-refractivity contribution in [1.29, 1.82) is 0 Å². The van der Waals surface area contributed by atoms with Crippen LogP contribution >= 0.6 is 11.3 Å². The van der Waals surface area contributed by atoms with E-state index in [0.717, 1.165) is 35.1 Å². The number of aliphatic carboxylic acids is 1. The van der Waals surface area contributed by atoms with Gasteiger partial charge in [0.05, 0.1) is 12.6 Å². The molecule has 3 heterocycles. The van der Waals surface area contributed by atoms with Gasteiger partial charge < -0.3 is 10.4 Å². The highest BCUT2D eigenvalue weighted by molar-refractivity contribution is 7.15. The number of carbonyl (C=O) groups is 1. The van der Waals surface area contributed by atoms with Crippen LogP contribution in [0.1, 0.15) is 35.3 Å². The van der Waals surface area contributed by atoms with E-state index in [1.807, 2.05) is 31.0 Å². The molecular weight excluding hydrogens is 314 g/mol. The SMILES string of the molecule is Cc1cc(Nc2ncc(C)s2)nc(C2CCCN2CC(=O)O)n1. The average Bonchev–Trinajstić information content (AvgIpc) is 3.07. The number of nitrogens with one attached hydrogen (secondary N) is 1. The number of anilines is 2. The summed E-state index contributed by atoms with van der Waals surface area (Å²) in [6.07, 6.45) is 3.66. The van der Waals surface area contributed by atoms with Crippen molar-refractivity contribution in [2.75, 3.05) is 18.4 Å². The maximum Gasteiger partial charge on any atom is 0.317 e. The molecule has 0 saturated carbocycles. The van der Waals surface area contributed by atoms with E-state index in [4.69, 9.17) is 5.11 Å². The molecule has 2 aromatic heterocycles.